The molecule has 3 aliphatic heterocycles. The van der Waals surface area contributed by atoms with Gasteiger partial charge in [0.25, 0.3) is 0 Å². The fourth-order valence-corrected chi connectivity index (χ4v) is 5.25. The van der Waals surface area contributed by atoms with Gasteiger partial charge in [0.1, 0.15) is 0 Å². The van der Waals surface area contributed by atoms with Gasteiger partial charge in [0.15, 0.2) is 0 Å². The number of piperazine rings is 1. The van der Waals surface area contributed by atoms with Crippen molar-refractivity contribution in [2.45, 2.75) is 77.9 Å². The van der Waals surface area contributed by atoms with E-state index < -0.39 is 0 Å². The van der Waals surface area contributed by atoms with Gasteiger partial charge in [0, 0.05) is 44.3 Å². The maximum Gasteiger partial charge on any atom is 0.0121 e. The first kappa shape index (κ1) is 20.6. The lowest BCUT2D eigenvalue weighted by atomic mass is 9.92. The zero-order valence-corrected chi connectivity index (χ0v) is 18.0. The Morgan fingerprint density at radius 3 is 1.73 bits per heavy atom. The summed E-state index contributed by atoms with van der Waals surface area (Å²) in [5, 5.41) is 0. The molecule has 3 rings (SSSR count). The molecule has 0 aliphatic carbocycles. The van der Waals surface area contributed by atoms with E-state index >= 15 is 0 Å². The highest BCUT2D eigenvalue weighted by atomic mass is 15.3. The average molecular weight is 365 g/mol. The third kappa shape index (κ3) is 5.67. The van der Waals surface area contributed by atoms with Crippen LogP contribution >= 0.6 is 0 Å². The van der Waals surface area contributed by atoms with E-state index in [1.807, 2.05) is 0 Å². The number of nitrogens with zero attached hydrogens (tertiary/aromatic N) is 4. The zero-order valence-electron chi connectivity index (χ0n) is 18.0. The quantitative estimate of drug-likeness (QED) is 0.718. The topological polar surface area (TPSA) is 13.0 Å². The summed E-state index contributed by atoms with van der Waals surface area (Å²) in [4.78, 5) is 10.8. The minimum atomic E-state index is 0.714. The van der Waals surface area contributed by atoms with Crippen LogP contribution in [0.15, 0.2) is 0 Å². The van der Waals surface area contributed by atoms with E-state index in [2.05, 4.69) is 47.3 Å². The second-order valence-corrected chi connectivity index (χ2v) is 9.60. The van der Waals surface area contributed by atoms with Crippen LogP contribution in [-0.4, -0.2) is 96.6 Å². The summed E-state index contributed by atoms with van der Waals surface area (Å²) in [6.07, 6.45) is 7.08. The molecule has 0 spiro atoms. The van der Waals surface area contributed by atoms with Gasteiger partial charge in [-0.05, 0) is 98.4 Å². The lowest BCUT2D eigenvalue weighted by molar-refractivity contribution is 0.0464. The Labute approximate surface area is 162 Å². The van der Waals surface area contributed by atoms with Gasteiger partial charge < -0.3 is 9.80 Å². The maximum atomic E-state index is 2.79. The fraction of sp³-hybridized carbons (Fsp3) is 1.00. The van der Waals surface area contributed by atoms with Crippen LogP contribution in [-0.2, 0) is 0 Å². The molecule has 0 amide bonds. The van der Waals surface area contributed by atoms with Crippen molar-refractivity contribution in [2.24, 2.45) is 5.92 Å². The van der Waals surface area contributed by atoms with Crippen LogP contribution in [0.25, 0.3) is 0 Å². The summed E-state index contributed by atoms with van der Waals surface area (Å²) in [6, 6.07) is 2.30. The van der Waals surface area contributed by atoms with Crippen molar-refractivity contribution >= 4 is 0 Å². The summed E-state index contributed by atoms with van der Waals surface area (Å²) < 4.78 is 0. The summed E-state index contributed by atoms with van der Waals surface area (Å²) in [6.45, 7) is 21.1. The molecule has 26 heavy (non-hydrogen) atoms. The summed E-state index contributed by atoms with van der Waals surface area (Å²) in [5.74, 6) is 0.979. The Morgan fingerprint density at radius 1 is 0.654 bits per heavy atom. The molecule has 0 aromatic rings. The van der Waals surface area contributed by atoms with Crippen LogP contribution in [0.3, 0.4) is 0 Å². The number of rotatable bonds is 6. The first-order chi connectivity index (χ1) is 12.5. The molecule has 0 saturated carbocycles. The molecule has 3 saturated heterocycles. The van der Waals surface area contributed by atoms with Crippen molar-refractivity contribution < 1.29 is 0 Å². The molecule has 0 radical (unpaired) electrons. The highest BCUT2D eigenvalue weighted by molar-refractivity contribution is 4.84. The molecule has 0 unspecified atom stereocenters. The van der Waals surface area contributed by atoms with E-state index in [-0.39, 0.29) is 0 Å². The lowest BCUT2D eigenvalue weighted by Gasteiger charge is -2.44. The van der Waals surface area contributed by atoms with Crippen LogP contribution < -0.4 is 0 Å². The SMILES string of the molecule is CC(C)N1CCC(CCN2CCC(N3CCN(C(C)C)CC3)CC2)CC1. The molecule has 0 N–H and O–H groups in total. The van der Waals surface area contributed by atoms with Crippen molar-refractivity contribution in [3.05, 3.63) is 0 Å². The van der Waals surface area contributed by atoms with Gasteiger partial charge in [0.05, 0.1) is 0 Å². The van der Waals surface area contributed by atoms with E-state index in [0.29, 0.717) is 6.04 Å². The van der Waals surface area contributed by atoms with Crippen LogP contribution in [0.2, 0.25) is 0 Å². The molecule has 0 atom stereocenters. The Balaban J connectivity index is 1.30. The number of hydrogen-bond donors (Lipinski definition) is 0. The number of likely N-dealkylation sites (tertiary alicyclic amines) is 2. The van der Waals surface area contributed by atoms with Gasteiger partial charge >= 0.3 is 0 Å². The minimum absolute atomic E-state index is 0.714. The van der Waals surface area contributed by atoms with E-state index in [4.69, 9.17) is 0 Å². The zero-order chi connectivity index (χ0) is 18.5. The molecule has 0 bridgehead atoms. The van der Waals surface area contributed by atoms with Crippen molar-refractivity contribution in [1.29, 1.82) is 0 Å². The van der Waals surface area contributed by atoms with Crippen molar-refractivity contribution in [2.75, 3.05) is 58.9 Å². The van der Waals surface area contributed by atoms with Gasteiger partial charge in [-0.1, -0.05) is 0 Å². The maximum absolute atomic E-state index is 2.79. The Kier molecular flexibility index (Phi) is 7.80. The summed E-state index contributed by atoms with van der Waals surface area (Å²) >= 11 is 0. The van der Waals surface area contributed by atoms with Crippen LogP contribution in [0.1, 0.15) is 59.8 Å². The van der Waals surface area contributed by atoms with Crippen LogP contribution in [0.4, 0.5) is 0 Å². The number of piperidine rings is 2. The number of hydrogen-bond acceptors (Lipinski definition) is 4. The predicted molar refractivity (Wildman–Crippen MR) is 112 cm³/mol. The van der Waals surface area contributed by atoms with Crippen LogP contribution in [0, 0.1) is 5.92 Å². The average Bonchev–Trinajstić information content (AvgIpc) is 2.67. The third-order valence-corrected chi connectivity index (χ3v) is 7.39. The van der Waals surface area contributed by atoms with Gasteiger partial charge in [-0.25, -0.2) is 0 Å². The molecule has 3 aliphatic rings. The predicted octanol–water partition coefficient (Wildman–Crippen LogP) is 2.99. The van der Waals surface area contributed by atoms with Gasteiger partial charge in [-0.2, -0.15) is 0 Å². The smallest absolute Gasteiger partial charge is 0.0121 e. The van der Waals surface area contributed by atoms with Gasteiger partial charge in [0.2, 0.25) is 0 Å². The van der Waals surface area contributed by atoms with E-state index in [9.17, 15) is 0 Å². The second kappa shape index (κ2) is 9.86. The second-order valence-electron chi connectivity index (χ2n) is 9.60. The largest absolute Gasteiger partial charge is 0.303 e. The molecular weight excluding hydrogens is 320 g/mol. The molecular formula is C22H44N4. The molecule has 3 fully saturated rings. The Morgan fingerprint density at radius 2 is 1.19 bits per heavy atom. The van der Waals surface area contributed by atoms with Crippen molar-refractivity contribution in [3.63, 3.8) is 0 Å². The molecule has 152 valence electrons. The molecule has 4 nitrogen and oxygen atoms in total. The third-order valence-electron chi connectivity index (χ3n) is 7.39. The minimum Gasteiger partial charge on any atom is -0.303 e. The summed E-state index contributed by atoms with van der Waals surface area (Å²) in [7, 11) is 0. The van der Waals surface area contributed by atoms with Crippen molar-refractivity contribution in [3.8, 4) is 0 Å². The first-order valence-electron chi connectivity index (χ1n) is 11.5. The van der Waals surface area contributed by atoms with E-state index in [1.165, 1.54) is 91.0 Å². The van der Waals surface area contributed by atoms with Gasteiger partial charge in [-0.3, -0.25) is 9.80 Å². The molecule has 4 heteroatoms. The normalized spacial score (nSPS) is 27.0. The van der Waals surface area contributed by atoms with E-state index in [1.54, 1.807) is 0 Å². The monoisotopic (exact) mass is 364 g/mol. The first-order valence-corrected chi connectivity index (χ1v) is 11.5. The Hall–Kier alpha value is -0.160. The van der Waals surface area contributed by atoms with Gasteiger partial charge in [-0.15, -0.1) is 0 Å². The molecule has 3 heterocycles. The summed E-state index contributed by atoms with van der Waals surface area (Å²) in [5.41, 5.74) is 0. The molecule has 0 aromatic heterocycles. The molecule has 0 aromatic carbocycles. The Bertz CT molecular complexity index is 387. The fourth-order valence-electron chi connectivity index (χ4n) is 5.25. The highest BCUT2D eigenvalue weighted by Gasteiger charge is 2.28. The van der Waals surface area contributed by atoms with Crippen LogP contribution in [0.5, 0.6) is 0 Å². The van der Waals surface area contributed by atoms with Crippen molar-refractivity contribution in [1.82, 2.24) is 19.6 Å². The van der Waals surface area contributed by atoms with E-state index in [0.717, 1.165) is 18.0 Å². The standard InChI is InChI=1S/C22H44N4/c1-19(2)24-13-6-21(7-14-24)5-10-23-11-8-22(9-12-23)26-17-15-25(16-18-26)20(3)4/h19-22H,5-18H2,1-4H3. The lowest BCUT2D eigenvalue weighted by Crippen LogP contribution is -2.54. The highest BCUT2D eigenvalue weighted by Crippen LogP contribution is 2.24.